The van der Waals surface area contributed by atoms with Crippen molar-refractivity contribution in [1.29, 1.82) is 0 Å². The van der Waals surface area contributed by atoms with Crippen LogP contribution in [0, 0.1) is 0 Å². The third-order valence-corrected chi connectivity index (χ3v) is 5.69. The zero-order valence-corrected chi connectivity index (χ0v) is 16.7. The van der Waals surface area contributed by atoms with Crippen LogP contribution in [0.15, 0.2) is 42.5 Å². The molecule has 2 aromatic carbocycles. The van der Waals surface area contributed by atoms with E-state index >= 15 is 0 Å². The zero-order valence-electron chi connectivity index (χ0n) is 15.9. The zero-order chi connectivity index (χ0) is 20.3. The third kappa shape index (κ3) is 4.33. The van der Waals surface area contributed by atoms with E-state index in [0.717, 1.165) is 12.0 Å². The molecule has 0 spiro atoms. The van der Waals surface area contributed by atoms with E-state index in [2.05, 4.69) is 10.6 Å². The second-order valence-electron chi connectivity index (χ2n) is 6.72. The molecular weight excluding hydrogens is 378 g/mol. The molecule has 7 nitrogen and oxygen atoms in total. The molecule has 2 aromatic rings. The molecule has 28 heavy (non-hydrogen) atoms. The van der Waals surface area contributed by atoms with E-state index in [1.54, 1.807) is 42.5 Å². The van der Waals surface area contributed by atoms with Crippen molar-refractivity contribution in [2.75, 3.05) is 29.0 Å². The first-order valence-corrected chi connectivity index (χ1v) is 10.9. The summed E-state index contributed by atoms with van der Waals surface area (Å²) >= 11 is 0. The summed E-state index contributed by atoms with van der Waals surface area (Å²) in [6, 6.07) is 11.7. The van der Waals surface area contributed by atoms with Gasteiger partial charge < -0.3 is 10.6 Å². The summed E-state index contributed by atoms with van der Waals surface area (Å²) in [5.74, 6) is -0.497. The SMILES string of the molecule is CCCNC(=O)c1cccc(NC(=O)c2ccc3c(c2)CCN3S(C)(=O)=O)c1. The Labute approximate surface area is 164 Å². The number of benzene rings is 2. The van der Waals surface area contributed by atoms with Gasteiger partial charge >= 0.3 is 0 Å². The highest BCUT2D eigenvalue weighted by Gasteiger charge is 2.26. The fourth-order valence-electron chi connectivity index (χ4n) is 3.14. The van der Waals surface area contributed by atoms with Crippen LogP contribution in [-0.4, -0.2) is 39.6 Å². The molecule has 1 aliphatic rings. The van der Waals surface area contributed by atoms with E-state index in [0.29, 0.717) is 42.0 Å². The Morgan fingerprint density at radius 2 is 1.82 bits per heavy atom. The molecule has 2 amide bonds. The molecule has 0 atom stereocenters. The largest absolute Gasteiger partial charge is 0.352 e. The minimum absolute atomic E-state index is 0.184. The summed E-state index contributed by atoms with van der Waals surface area (Å²) in [6.07, 6.45) is 2.58. The molecule has 0 bridgehead atoms. The summed E-state index contributed by atoms with van der Waals surface area (Å²) < 4.78 is 25.0. The molecule has 3 rings (SSSR count). The van der Waals surface area contributed by atoms with Gasteiger partial charge in [-0.2, -0.15) is 0 Å². The van der Waals surface area contributed by atoms with Crippen molar-refractivity contribution in [3.63, 3.8) is 0 Å². The lowest BCUT2D eigenvalue weighted by atomic mass is 10.1. The smallest absolute Gasteiger partial charge is 0.255 e. The van der Waals surface area contributed by atoms with E-state index in [-0.39, 0.29) is 11.8 Å². The molecule has 2 N–H and O–H groups in total. The summed E-state index contributed by atoms with van der Waals surface area (Å²) in [5.41, 5.74) is 2.88. The van der Waals surface area contributed by atoms with E-state index in [1.165, 1.54) is 10.6 Å². The van der Waals surface area contributed by atoms with Gasteiger partial charge in [0, 0.05) is 29.9 Å². The number of nitrogens with zero attached hydrogens (tertiary/aromatic N) is 1. The number of carbonyl (C=O) groups excluding carboxylic acids is 2. The van der Waals surface area contributed by atoms with Crippen LogP contribution in [0.25, 0.3) is 0 Å². The molecule has 1 aliphatic heterocycles. The number of nitrogens with one attached hydrogen (secondary N) is 2. The van der Waals surface area contributed by atoms with Gasteiger partial charge in [-0.05, 0) is 54.8 Å². The van der Waals surface area contributed by atoms with Gasteiger partial charge in [-0.15, -0.1) is 0 Å². The average Bonchev–Trinajstić information content (AvgIpc) is 3.10. The summed E-state index contributed by atoms with van der Waals surface area (Å²) in [7, 11) is -3.32. The molecule has 0 unspecified atom stereocenters. The predicted molar refractivity (Wildman–Crippen MR) is 109 cm³/mol. The van der Waals surface area contributed by atoms with Gasteiger partial charge in [0.15, 0.2) is 0 Å². The lowest BCUT2D eigenvalue weighted by Gasteiger charge is -2.16. The van der Waals surface area contributed by atoms with Gasteiger partial charge in [0.25, 0.3) is 11.8 Å². The van der Waals surface area contributed by atoms with E-state index in [1.807, 2.05) is 6.92 Å². The summed E-state index contributed by atoms with van der Waals surface area (Å²) in [4.78, 5) is 24.7. The van der Waals surface area contributed by atoms with Crippen LogP contribution in [0.5, 0.6) is 0 Å². The maximum Gasteiger partial charge on any atom is 0.255 e. The van der Waals surface area contributed by atoms with Gasteiger partial charge in [-0.1, -0.05) is 13.0 Å². The number of fused-ring (bicyclic) bond motifs is 1. The Kier molecular flexibility index (Phi) is 5.69. The number of hydrogen-bond acceptors (Lipinski definition) is 4. The van der Waals surface area contributed by atoms with Crippen LogP contribution < -0.4 is 14.9 Å². The van der Waals surface area contributed by atoms with Gasteiger partial charge in [-0.3, -0.25) is 13.9 Å². The fraction of sp³-hybridized carbons (Fsp3) is 0.300. The predicted octanol–water partition coefficient (Wildman–Crippen LogP) is 2.40. The van der Waals surface area contributed by atoms with Crippen molar-refractivity contribution in [2.24, 2.45) is 0 Å². The van der Waals surface area contributed by atoms with E-state index in [4.69, 9.17) is 0 Å². The normalized spacial score (nSPS) is 13.1. The first-order valence-electron chi connectivity index (χ1n) is 9.10. The number of rotatable bonds is 6. The fourth-order valence-corrected chi connectivity index (χ4v) is 4.10. The van der Waals surface area contributed by atoms with Crippen LogP contribution in [0.2, 0.25) is 0 Å². The molecule has 0 radical (unpaired) electrons. The summed E-state index contributed by atoms with van der Waals surface area (Å²) in [6.45, 7) is 2.95. The Morgan fingerprint density at radius 3 is 2.54 bits per heavy atom. The second kappa shape index (κ2) is 8.02. The van der Waals surface area contributed by atoms with E-state index < -0.39 is 10.0 Å². The maximum absolute atomic E-state index is 12.6. The quantitative estimate of drug-likeness (QED) is 0.777. The van der Waals surface area contributed by atoms with Crippen LogP contribution in [0.1, 0.15) is 39.6 Å². The molecule has 1 heterocycles. The number of carbonyl (C=O) groups is 2. The van der Waals surface area contributed by atoms with Gasteiger partial charge in [0.1, 0.15) is 0 Å². The van der Waals surface area contributed by atoms with Crippen LogP contribution in [-0.2, 0) is 16.4 Å². The Morgan fingerprint density at radius 1 is 1.07 bits per heavy atom. The minimum atomic E-state index is -3.32. The van der Waals surface area contributed by atoms with E-state index in [9.17, 15) is 18.0 Å². The number of hydrogen-bond donors (Lipinski definition) is 2. The van der Waals surface area contributed by atoms with Crippen molar-refractivity contribution in [3.05, 3.63) is 59.2 Å². The highest BCUT2D eigenvalue weighted by Crippen LogP contribution is 2.30. The monoisotopic (exact) mass is 401 g/mol. The second-order valence-corrected chi connectivity index (χ2v) is 8.63. The standard InChI is InChI=1S/C20H23N3O4S/c1-3-10-21-19(24)15-5-4-6-17(13-15)22-20(25)16-7-8-18-14(12-16)9-11-23(18)28(2,26)27/h4-8,12-13H,3,9-11H2,1-2H3,(H,21,24)(H,22,25). The molecule has 0 fully saturated rings. The molecule has 148 valence electrons. The average molecular weight is 401 g/mol. The number of amides is 2. The molecular formula is C20H23N3O4S. The highest BCUT2D eigenvalue weighted by atomic mass is 32.2. The first-order chi connectivity index (χ1) is 13.3. The molecule has 0 saturated heterocycles. The maximum atomic E-state index is 12.6. The highest BCUT2D eigenvalue weighted by molar-refractivity contribution is 7.92. The van der Waals surface area contributed by atoms with Crippen molar-refractivity contribution in [2.45, 2.75) is 19.8 Å². The van der Waals surface area contributed by atoms with Crippen LogP contribution in [0.4, 0.5) is 11.4 Å². The van der Waals surface area contributed by atoms with Crippen molar-refractivity contribution < 1.29 is 18.0 Å². The molecule has 8 heteroatoms. The Hall–Kier alpha value is -2.87. The summed E-state index contributed by atoms with van der Waals surface area (Å²) in [5, 5.41) is 5.59. The van der Waals surface area contributed by atoms with Crippen molar-refractivity contribution in [1.82, 2.24) is 5.32 Å². The minimum Gasteiger partial charge on any atom is -0.352 e. The lowest BCUT2D eigenvalue weighted by Crippen LogP contribution is -2.27. The number of sulfonamides is 1. The Bertz CT molecular complexity index is 1020. The third-order valence-electron chi connectivity index (χ3n) is 4.51. The van der Waals surface area contributed by atoms with Gasteiger partial charge in [0.2, 0.25) is 10.0 Å². The Balaban J connectivity index is 1.75. The molecule has 0 aliphatic carbocycles. The van der Waals surface area contributed by atoms with Gasteiger partial charge in [0.05, 0.1) is 11.9 Å². The van der Waals surface area contributed by atoms with Crippen LogP contribution >= 0.6 is 0 Å². The van der Waals surface area contributed by atoms with Gasteiger partial charge in [-0.25, -0.2) is 8.42 Å². The first kappa shape index (κ1) is 19.9. The topological polar surface area (TPSA) is 95.6 Å². The molecule has 0 saturated carbocycles. The molecule has 0 aromatic heterocycles. The van der Waals surface area contributed by atoms with Crippen LogP contribution in [0.3, 0.4) is 0 Å². The van der Waals surface area contributed by atoms with Crippen molar-refractivity contribution in [3.8, 4) is 0 Å². The lowest BCUT2D eigenvalue weighted by molar-refractivity contribution is 0.0952. The van der Waals surface area contributed by atoms with Crippen molar-refractivity contribution >= 4 is 33.2 Å². The number of anilines is 2.